The summed E-state index contributed by atoms with van der Waals surface area (Å²) in [5.41, 5.74) is 0.997. The van der Waals surface area contributed by atoms with E-state index in [1.165, 1.54) is 0 Å². The Morgan fingerprint density at radius 1 is 1.25 bits per heavy atom. The first-order valence-corrected chi connectivity index (χ1v) is 8.57. The van der Waals surface area contributed by atoms with Crippen LogP contribution in [0.2, 0.25) is 0 Å². The van der Waals surface area contributed by atoms with Gasteiger partial charge >= 0.3 is 6.03 Å². The van der Waals surface area contributed by atoms with Gasteiger partial charge in [-0.05, 0) is 37.0 Å². The van der Waals surface area contributed by atoms with Crippen molar-refractivity contribution in [3.8, 4) is 5.75 Å². The molecule has 1 aromatic rings. The highest BCUT2D eigenvalue weighted by atomic mass is 16.5. The molecule has 24 heavy (non-hydrogen) atoms. The molecule has 1 aliphatic rings. The summed E-state index contributed by atoms with van der Waals surface area (Å²) in [7, 11) is 1.62. The van der Waals surface area contributed by atoms with Crippen LogP contribution in [0.5, 0.6) is 5.75 Å². The highest BCUT2D eigenvalue weighted by molar-refractivity contribution is 5.79. The number of urea groups is 1. The summed E-state index contributed by atoms with van der Waals surface area (Å²) in [5, 5.41) is 5.86. The van der Waals surface area contributed by atoms with Crippen LogP contribution in [0, 0.1) is 5.92 Å². The smallest absolute Gasteiger partial charge is 0.317 e. The molecule has 0 atom stereocenters. The third-order valence-corrected chi connectivity index (χ3v) is 4.28. The quantitative estimate of drug-likeness (QED) is 0.838. The first-order valence-electron chi connectivity index (χ1n) is 8.57. The average Bonchev–Trinajstić information content (AvgIpc) is 2.64. The highest BCUT2D eigenvalue weighted by Gasteiger charge is 2.26. The molecule has 0 bridgehead atoms. The van der Waals surface area contributed by atoms with Crippen LogP contribution in [0.4, 0.5) is 4.79 Å². The van der Waals surface area contributed by atoms with Gasteiger partial charge in [0.2, 0.25) is 5.91 Å². The van der Waals surface area contributed by atoms with Crippen LogP contribution < -0.4 is 15.4 Å². The van der Waals surface area contributed by atoms with Crippen molar-refractivity contribution in [1.29, 1.82) is 0 Å². The second kappa shape index (κ2) is 9.15. The minimum Gasteiger partial charge on any atom is -0.497 e. The van der Waals surface area contributed by atoms with Gasteiger partial charge in [0.05, 0.1) is 7.11 Å². The molecule has 0 saturated carbocycles. The van der Waals surface area contributed by atoms with E-state index in [1.807, 2.05) is 31.2 Å². The van der Waals surface area contributed by atoms with E-state index >= 15 is 0 Å². The molecule has 1 heterocycles. The average molecular weight is 333 g/mol. The number of carbonyl (C=O) groups excluding carboxylic acids is 2. The Hall–Kier alpha value is -2.24. The van der Waals surface area contributed by atoms with Gasteiger partial charge in [-0.15, -0.1) is 0 Å². The van der Waals surface area contributed by atoms with E-state index in [2.05, 4.69) is 10.6 Å². The topological polar surface area (TPSA) is 70.7 Å². The van der Waals surface area contributed by atoms with Crippen LogP contribution in [-0.2, 0) is 11.3 Å². The van der Waals surface area contributed by atoms with Crippen LogP contribution in [0.3, 0.4) is 0 Å². The standard InChI is InChI=1S/C18H27N3O3/c1-3-9-19-17(22)15-7-10-21(11-8-15)18(23)20-13-14-5-4-6-16(12-14)24-2/h4-6,12,15H,3,7-11,13H2,1-2H3,(H,19,22)(H,20,23). The fourth-order valence-electron chi connectivity index (χ4n) is 2.81. The van der Waals surface area contributed by atoms with Gasteiger partial charge < -0.3 is 20.3 Å². The number of amides is 3. The summed E-state index contributed by atoms with van der Waals surface area (Å²) in [4.78, 5) is 26.0. The molecule has 1 aliphatic heterocycles. The Balaban J connectivity index is 1.75. The Morgan fingerprint density at radius 3 is 2.67 bits per heavy atom. The summed E-state index contributed by atoms with van der Waals surface area (Å²) in [6, 6.07) is 7.56. The van der Waals surface area contributed by atoms with E-state index in [0.717, 1.165) is 37.1 Å². The zero-order valence-corrected chi connectivity index (χ0v) is 14.5. The van der Waals surface area contributed by atoms with Crippen molar-refractivity contribution in [1.82, 2.24) is 15.5 Å². The second-order valence-corrected chi connectivity index (χ2v) is 6.06. The van der Waals surface area contributed by atoms with Gasteiger partial charge in [0.1, 0.15) is 5.75 Å². The summed E-state index contributed by atoms with van der Waals surface area (Å²) in [6.45, 7) is 4.46. The fraction of sp³-hybridized carbons (Fsp3) is 0.556. The molecule has 3 amide bonds. The number of piperidine rings is 1. The number of nitrogens with one attached hydrogen (secondary N) is 2. The minimum atomic E-state index is -0.0785. The van der Waals surface area contributed by atoms with Crippen LogP contribution >= 0.6 is 0 Å². The van der Waals surface area contributed by atoms with Gasteiger partial charge in [0, 0.05) is 32.1 Å². The number of benzene rings is 1. The van der Waals surface area contributed by atoms with Gasteiger partial charge in [-0.3, -0.25) is 4.79 Å². The molecule has 1 fully saturated rings. The van der Waals surface area contributed by atoms with E-state index in [9.17, 15) is 9.59 Å². The lowest BCUT2D eigenvalue weighted by molar-refractivity contribution is -0.126. The SMILES string of the molecule is CCCNC(=O)C1CCN(C(=O)NCc2cccc(OC)c2)CC1. The number of rotatable bonds is 6. The molecule has 6 heteroatoms. The molecular formula is C18H27N3O3. The third-order valence-electron chi connectivity index (χ3n) is 4.28. The molecular weight excluding hydrogens is 306 g/mol. The number of hydrogen-bond donors (Lipinski definition) is 2. The van der Waals surface area contributed by atoms with E-state index in [4.69, 9.17) is 4.74 Å². The molecule has 0 spiro atoms. The first-order chi connectivity index (χ1) is 11.6. The monoisotopic (exact) mass is 333 g/mol. The highest BCUT2D eigenvalue weighted by Crippen LogP contribution is 2.18. The predicted molar refractivity (Wildman–Crippen MR) is 92.8 cm³/mol. The lowest BCUT2D eigenvalue weighted by atomic mass is 9.96. The second-order valence-electron chi connectivity index (χ2n) is 6.06. The van der Waals surface area contributed by atoms with Crippen molar-refractivity contribution >= 4 is 11.9 Å². The molecule has 1 aromatic carbocycles. The number of nitrogens with zero attached hydrogens (tertiary/aromatic N) is 1. The third kappa shape index (κ3) is 5.15. The van der Waals surface area contributed by atoms with E-state index < -0.39 is 0 Å². The zero-order chi connectivity index (χ0) is 17.4. The largest absolute Gasteiger partial charge is 0.497 e. The lowest BCUT2D eigenvalue weighted by Gasteiger charge is -2.31. The van der Waals surface area contributed by atoms with Crippen LogP contribution in [0.15, 0.2) is 24.3 Å². The van der Waals surface area contributed by atoms with E-state index in [-0.39, 0.29) is 17.9 Å². The van der Waals surface area contributed by atoms with Gasteiger partial charge in [-0.1, -0.05) is 19.1 Å². The summed E-state index contributed by atoms with van der Waals surface area (Å²) < 4.78 is 5.18. The number of methoxy groups -OCH3 is 1. The maximum absolute atomic E-state index is 12.3. The molecule has 0 unspecified atom stereocenters. The molecule has 2 rings (SSSR count). The van der Waals surface area contributed by atoms with Crippen molar-refractivity contribution < 1.29 is 14.3 Å². The Morgan fingerprint density at radius 2 is 2.00 bits per heavy atom. The van der Waals surface area contributed by atoms with E-state index in [0.29, 0.717) is 19.6 Å². The van der Waals surface area contributed by atoms with Gasteiger partial charge in [0.15, 0.2) is 0 Å². The van der Waals surface area contributed by atoms with Crippen molar-refractivity contribution in [2.24, 2.45) is 5.92 Å². The number of ether oxygens (including phenoxy) is 1. The van der Waals surface area contributed by atoms with E-state index in [1.54, 1.807) is 12.0 Å². The molecule has 0 aliphatic carbocycles. The number of likely N-dealkylation sites (tertiary alicyclic amines) is 1. The molecule has 132 valence electrons. The number of carbonyl (C=O) groups is 2. The molecule has 2 N–H and O–H groups in total. The summed E-state index contributed by atoms with van der Waals surface area (Å²) in [5.74, 6) is 0.924. The fourth-order valence-corrected chi connectivity index (χ4v) is 2.81. The molecule has 0 aromatic heterocycles. The maximum Gasteiger partial charge on any atom is 0.317 e. The van der Waals surface area contributed by atoms with Gasteiger partial charge in [0.25, 0.3) is 0 Å². The van der Waals surface area contributed by atoms with Gasteiger partial charge in [-0.2, -0.15) is 0 Å². The van der Waals surface area contributed by atoms with Crippen LogP contribution in [-0.4, -0.2) is 43.6 Å². The van der Waals surface area contributed by atoms with Crippen molar-refractivity contribution in [3.05, 3.63) is 29.8 Å². The predicted octanol–water partition coefficient (Wildman–Crippen LogP) is 2.14. The Labute approximate surface area is 143 Å². The minimum absolute atomic E-state index is 0.0268. The first kappa shape index (κ1) is 18.1. The van der Waals surface area contributed by atoms with Gasteiger partial charge in [-0.25, -0.2) is 4.79 Å². The Bertz CT molecular complexity index is 554. The van der Waals surface area contributed by atoms with Crippen LogP contribution in [0.1, 0.15) is 31.7 Å². The molecule has 6 nitrogen and oxygen atoms in total. The summed E-state index contributed by atoms with van der Waals surface area (Å²) >= 11 is 0. The lowest BCUT2D eigenvalue weighted by Crippen LogP contribution is -2.46. The van der Waals surface area contributed by atoms with Crippen molar-refractivity contribution in [3.63, 3.8) is 0 Å². The normalized spacial score (nSPS) is 15.0. The summed E-state index contributed by atoms with van der Waals surface area (Å²) in [6.07, 6.45) is 2.39. The molecule has 0 radical (unpaired) electrons. The molecule has 1 saturated heterocycles. The zero-order valence-electron chi connectivity index (χ0n) is 14.5. The van der Waals surface area contributed by atoms with Crippen molar-refractivity contribution in [2.75, 3.05) is 26.7 Å². The maximum atomic E-state index is 12.3. The number of hydrogen-bond acceptors (Lipinski definition) is 3. The Kier molecular flexibility index (Phi) is 6.90. The van der Waals surface area contributed by atoms with Crippen LogP contribution in [0.25, 0.3) is 0 Å². The van der Waals surface area contributed by atoms with Crippen molar-refractivity contribution in [2.45, 2.75) is 32.7 Å².